The highest BCUT2D eigenvalue weighted by atomic mass is 16.4. The van der Waals surface area contributed by atoms with Crippen LogP contribution in [0.5, 0.6) is 0 Å². The van der Waals surface area contributed by atoms with Crippen LogP contribution in [-0.2, 0) is 11.3 Å². The smallest absolute Gasteiger partial charge is 0.325 e. The molecular weight excluding hydrogens is 171 g/mol. The third kappa shape index (κ3) is 2.85. The Labute approximate surface area is 76.2 Å². The van der Waals surface area contributed by atoms with Crippen LogP contribution in [0.25, 0.3) is 0 Å². The van der Waals surface area contributed by atoms with Gasteiger partial charge in [0.15, 0.2) is 0 Å². The first-order chi connectivity index (χ1) is 6.09. The van der Waals surface area contributed by atoms with E-state index in [4.69, 9.17) is 5.11 Å². The molecule has 1 N–H and O–H groups in total. The first-order valence-corrected chi connectivity index (χ1v) is 3.92. The summed E-state index contributed by atoms with van der Waals surface area (Å²) in [5, 5.41) is 19.2. The van der Waals surface area contributed by atoms with Crippen LogP contribution in [0.3, 0.4) is 0 Å². The minimum Gasteiger partial charge on any atom is -0.480 e. The van der Waals surface area contributed by atoms with Crippen molar-refractivity contribution < 1.29 is 9.90 Å². The average molecular weight is 181 g/mol. The maximum absolute atomic E-state index is 10.4. The number of carboxylic acids is 1. The van der Waals surface area contributed by atoms with E-state index in [0.717, 1.165) is 0 Å². The Balaban J connectivity index is 2.71. The van der Waals surface area contributed by atoms with Gasteiger partial charge in [-0.15, -0.1) is 5.10 Å². The zero-order valence-corrected chi connectivity index (χ0v) is 7.51. The summed E-state index contributed by atoms with van der Waals surface area (Å²) in [4.78, 5) is 10.4. The molecule has 1 aromatic heterocycles. The fourth-order valence-electron chi connectivity index (χ4n) is 0.870. The normalized spacial score (nSPS) is 10.4. The SMILES string of the molecule is CC(C)[B]c1nnnn1CC(=O)O. The van der Waals surface area contributed by atoms with E-state index in [1.54, 1.807) is 0 Å². The molecule has 7 heteroatoms. The quantitative estimate of drug-likeness (QED) is 0.597. The van der Waals surface area contributed by atoms with Gasteiger partial charge in [-0.25, -0.2) is 4.68 Å². The molecule has 0 saturated heterocycles. The molecule has 13 heavy (non-hydrogen) atoms. The molecule has 1 heterocycles. The van der Waals surface area contributed by atoms with E-state index in [9.17, 15) is 4.79 Å². The molecule has 0 unspecified atom stereocenters. The second kappa shape index (κ2) is 4.02. The zero-order valence-electron chi connectivity index (χ0n) is 7.51. The van der Waals surface area contributed by atoms with Crippen LogP contribution in [0.4, 0.5) is 0 Å². The van der Waals surface area contributed by atoms with Crippen molar-refractivity contribution in [1.29, 1.82) is 0 Å². The van der Waals surface area contributed by atoms with Crippen LogP contribution in [0.1, 0.15) is 13.8 Å². The molecule has 0 aliphatic rings. The van der Waals surface area contributed by atoms with Gasteiger partial charge in [-0.05, 0) is 10.4 Å². The molecule has 1 radical (unpaired) electrons. The lowest BCUT2D eigenvalue weighted by Crippen LogP contribution is -2.31. The standard InChI is InChI=1S/C6H10BN4O2/c1-4(2)7-6-8-9-10-11(6)3-5(12)13/h4H,3H2,1-2H3,(H,12,13). The Bertz CT molecular complexity index is 299. The van der Waals surface area contributed by atoms with E-state index >= 15 is 0 Å². The Kier molecular flexibility index (Phi) is 3.00. The minimum atomic E-state index is -0.953. The van der Waals surface area contributed by atoms with Crippen molar-refractivity contribution in [1.82, 2.24) is 20.2 Å². The number of carboxylic acid groups (broad SMARTS) is 1. The van der Waals surface area contributed by atoms with E-state index < -0.39 is 5.97 Å². The van der Waals surface area contributed by atoms with Gasteiger partial charge < -0.3 is 5.11 Å². The second-order valence-electron chi connectivity index (χ2n) is 3.00. The van der Waals surface area contributed by atoms with E-state index in [1.807, 2.05) is 21.1 Å². The molecule has 0 aromatic carbocycles. The highest BCUT2D eigenvalue weighted by molar-refractivity contribution is 6.52. The van der Waals surface area contributed by atoms with Crippen LogP contribution in [0, 0.1) is 0 Å². The van der Waals surface area contributed by atoms with Gasteiger partial charge in [-0.2, -0.15) is 0 Å². The minimum absolute atomic E-state index is 0.203. The number of hydrogen-bond donors (Lipinski definition) is 1. The molecular formula is C6H10BN4O2. The van der Waals surface area contributed by atoms with E-state index in [1.165, 1.54) is 4.68 Å². The average Bonchev–Trinajstić information content (AvgIpc) is 2.34. The highest BCUT2D eigenvalue weighted by Gasteiger charge is 2.11. The van der Waals surface area contributed by atoms with Gasteiger partial charge in [-0.3, -0.25) is 4.79 Å². The fraction of sp³-hybridized carbons (Fsp3) is 0.667. The molecule has 0 atom stereocenters. The Morgan fingerprint density at radius 2 is 2.38 bits per heavy atom. The van der Waals surface area contributed by atoms with Crippen LogP contribution in [0.2, 0.25) is 5.82 Å². The van der Waals surface area contributed by atoms with Crippen molar-refractivity contribution in [2.45, 2.75) is 26.2 Å². The van der Waals surface area contributed by atoms with Crippen molar-refractivity contribution in [3.8, 4) is 0 Å². The van der Waals surface area contributed by atoms with Gasteiger partial charge in [0.1, 0.15) is 12.3 Å². The largest absolute Gasteiger partial charge is 0.480 e. The number of rotatable bonds is 4. The van der Waals surface area contributed by atoms with Gasteiger partial charge in [0.05, 0.1) is 0 Å². The third-order valence-electron chi connectivity index (χ3n) is 1.33. The van der Waals surface area contributed by atoms with E-state index in [2.05, 4.69) is 15.5 Å². The number of aromatic nitrogens is 4. The maximum Gasteiger partial charge on any atom is 0.325 e. The van der Waals surface area contributed by atoms with Crippen molar-refractivity contribution in [2.24, 2.45) is 0 Å². The topological polar surface area (TPSA) is 80.9 Å². The van der Waals surface area contributed by atoms with Gasteiger partial charge in [0, 0.05) is 0 Å². The summed E-state index contributed by atoms with van der Waals surface area (Å²) >= 11 is 0. The lowest BCUT2D eigenvalue weighted by molar-refractivity contribution is -0.137. The van der Waals surface area contributed by atoms with Crippen molar-refractivity contribution in [3.05, 3.63) is 0 Å². The lowest BCUT2D eigenvalue weighted by Gasteiger charge is -2.01. The molecule has 69 valence electrons. The van der Waals surface area contributed by atoms with Crippen LogP contribution < -0.4 is 5.72 Å². The molecule has 0 fully saturated rings. The number of carbonyl (C=O) groups is 1. The second-order valence-corrected chi connectivity index (χ2v) is 3.00. The third-order valence-corrected chi connectivity index (χ3v) is 1.33. The first-order valence-electron chi connectivity index (χ1n) is 3.92. The summed E-state index contributed by atoms with van der Waals surface area (Å²) in [6.45, 7) is 3.74. The Morgan fingerprint density at radius 1 is 1.69 bits per heavy atom. The summed E-state index contributed by atoms with van der Waals surface area (Å²) < 4.78 is 1.25. The van der Waals surface area contributed by atoms with Gasteiger partial charge in [0.2, 0.25) is 7.28 Å². The maximum atomic E-state index is 10.4. The molecule has 0 saturated carbocycles. The Morgan fingerprint density at radius 3 is 2.92 bits per heavy atom. The van der Waals surface area contributed by atoms with Crippen molar-refractivity contribution >= 4 is 19.0 Å². The van der Waals surface area contributed by atoms with Gasteiger partial charge in [-0.1, -0.05) is 19.7 Å². The van der Waals surface area contributed by atoms with Crippen molar-refractivity contribution in [2.75, 3.05) is 0 Å². The molecule has 0 spiro atoms. The number of nitrogens with zero attached hydrogens (tertiary/aromatic N) is 4. The molecule has 1 aromatic rings. The van der Waals surface area contributed by atoms with E-state index in [-0.39, 0.29) is 6.54 Å². The monoisotopic (exact) mass is 181 g/mol. The van der Waals surface area contributed by atoms with Crippen LogP contribution >= 0.6 is 0 Å². The van der Waals surface area contributed by atoms with E-state index in [0.29, 0.717) is 11.5 Å². The summed E-state index contributed by atoms with van der Waals surface area (Å²) in [6.07, 6.45) is 0. The lowest BCUT2D eigenvalue weighted by atomic mass is 9.65. The predicted octanol–water partition coefficient (Wildman–Crippen LogP) is -1.08. The molecule has 6 nitrogen and oxygen atoms in total. The molecule has 0 aliphatic heterocycles. The molecule has 1 rings (SSSR count). The summed E-state index contributed by atoms with van der Waals surface area (Å²) in [5.41, 5.74) is 0.498. The fourth-order valence-corrected chi connectivity index (χ4v) is 0.870. The molecule has 0 amide bonds. The van der Waals surface area contributed by atoms with Gasteiger partial charge >= 0.3 is 5.97 Å². The van der Waals surface area contributed by atoms with Gasteiger partial charge in [0.25, 0.3) is 0 Å². The number of tetrazole rings is 1. The Hall–Kier alpha value is -1.40. The van der Waals surface area contributed by atoms with Crippen LogP contribution in [-0.4, -0.2) is 38.6 Å². The van der Waals surface area contributed by atoms with Crippen molar-refractivity contribution in [3.63, 3.8) is 0 Å². The summed E-state index contributed by atoms with van der Waals surface area (Å²) in [6, 6.07) is 0. The molecule has 0 aliphatic carbocycles. The first kappa shape index (κ1) is 9.69. The van der Waals surface area contributed by atoms with Crippen LogP contribution in [0.15, 0.2) is 0 Å². The number of aliphatic carboxylic acids is 1. The summed E-state index contributed by atoms with van der Waals surface area (Å²) in [7, 11) is 1.81. The highest BCUT2D eigenvalue weighted by Crippen LogP contribution is 1.94. The molecule has 0 bridgehead atoms. The number of hydrogen-bond acceptors (Lipinski definition) is 4. The predicted molar refractivity (Wildman–Crippen MR) is 45.9 cm³/mol. The zero-order chi connectivity index (χ0) is 9.84. The summed E-state index contributed by atoms with van der Waals surface area (Å²) in [5.74, 6) is -0.663.